The van der Waals surface area contributed by atoms with Crippen LogP contribution in [-0.4, -0.2) is 9.97 Å². The average Bonchev–Trinajstić information content (AvgIpc) is 2.30. The summed E-state index contributed by atoms with van der Waals surface area (Å²) in [6.45, 7) is 0.557. The van der Waals surface area contributed by atoms with Crippen LogP contribution in [0.5, 0.6) is 0 Å². The van der Waals surface area contributed by atoms with Gasteiger partial charge in [-0.2, -0.15) is 0 Å². The first-order valence-corrected chi connectivity index (χ1v) is 5.57. The predicted molar refractivity (Wildman–Crippen MR) is 66.3 cm³/mol. The number of anilines is 1. The second-order valence-corrected chi connectivity index (χ2v) is 4.07. The van der Waals surface area contributed by atoms with Crippen LogP contribution in [0.3, 0.4) is 0 Å². The van der Waals surface area contributed by atoms with Crippen LogP contribution in [0, 0.1) is 0 Å². The average molecular weight is 280 g/mol. The van der Waals surface area contributed by atoms with Gasteiger partial charge in [-0.25, -0.2) is 4.98 Å². The molecule has 0 fully saturated rings. The summed E-state index contributed by atoms with van der Waals surface area (Å²) in [6.07, 6.45) is 3.05. The molecule has 0 unspecified atom stereocenters. The summed E-state index contributed by atoms with van der Waals surface area (Å²) in [5.41, 5.74) is 0.863. The number of H-pyrrole nitrogens is 1. The van der Waals surface area contributed by atoms with Crippen LogP contribution in [0.2, 0.25) is 0 Å². The van der Waals surface area contributed by atoms with Gasteiger partial charge < -0.3 is 10.3 Å². The van der Waals surface area contributed by atoms with Gasteiger partial charge in [0.1, 0.15) is 0 Å². The normalized spacial score (nSPS) is 10.1. The van der Waals surface area contributed by atoms with Crippen LogP contribution in [-0.2, 0) is 6.54 Å². The number of hydrogen-bond acceptors (Lipinski definition) is 3. The SMILES string of the molecule is O=c1[nH]ccnc1NCc1ccccc1Br. The minimum absolute atomic E-state index is 0.213. The lowest BCUT2D eigenvalue weighted by Gasteiger charge is -2.05. The zero-order valence-corrected chi connectivity index (χ0v) is 9.99. The smallest absolute Gasteiger partial charge is 0.290 e. The molecule has 2 rings (SSSR count). The first-order chi connectivity index (χ1) is 7.77. The van der Waals surface area contributed by atoms with Crippen molar-refractivity contribution in [3.63, 3.8) is 0 Å². The van der Waals surface area contributed by atoms with Gasteiger partial charge in [-0.1, -0.05) is 34.1 Å². The van der Waals surface area contributed by atoms with Crippen molar-refractivity contribution in [2.45, 2.75) is 6.54 Å². The van der Waals surface area contributed by atoms with E-state index in [1.54, 1.807) is 6.20 Å². The van der Waals surface area contributed by atoms with Gasteiger partial charge in [0.25, 0.3) is 5.56 Å². The largest absolute Gasteiger partial charge is 0.361 e. The monoisotopic (exact) mass is 279 g/mol. The maximum atomic E-state index is 11.3. The van der Waals surface area contributed by atoms with Crippen molar-refractivity contribution in [3.05, 3.63) is 57.0 Å². The lowest BCUT2D eigenvalue weighted by atomic mass is 10.2. The molecule has 4 nitrogen and oxygen atoms in total. The standard InChI is InChI=1S/C11H10BrN3O/c12-9-4-2-1-3-8(9)7-15-10-11(16)14-6-5-13-10/h1-6H,7H2,(H,13,15)(H,14,16). The van der Waals surface area contributed by atoms with E-state index in [0.717, 1.165) is 10.0 Å². The highest BCUT2D eigenvalue weighted by molar-refractivity contribution is 9.10. The van der Waals surface area contributed by atoms with E-state index in [1.165, 1.54) is 6.20 Å². The van der Waals surface area contributed by atoms with Crippen molar-refractivity contribution in [1.29, 1.82) is 0 Å². The van der Waals surface area contributed by atoms with Crippen LogP contribution >= 0.6 is 15.9 Å². The van der Waals surface area contributed by atoms with Gasteiger partial charge in [0.2, 0.25) is 0 Å². The maximum Gasteiger partial charge on any atom is 0.290 e. The Morgan fingerprint density at radius 3 is 2.94 bits per heavy atom. The van der Waals surface area contributed by atoms with Gasteiger partial charge in [-0.15, -0.1) is 0 Å². The number of halogens is 1. The van der Waals surface area contributed by atoms with Gasteiger partial charge in [-0.3, -0.25) is 4.79 Å². The second-order valence-electron chi connectivity index (χ2n) is 3.21. The number of nitrogens with one attached hydrogen (secondary N) is 2. The topological polar surface area (TPSA) is 57.8 Å². The number of benzene rings is 1. The van der Waals surface area contributed by atoms with Crippen molar-refractivity contribution >= 4 is 21.7 Å². The Balaban J connectivity index is 2.12. The zero-order chi connectivity index (χ0) is 11.4. The summed E-state index contributed by atoms with van der Waals surface area (Å²) < 4.78 is 1.01. The van der Waals surface area contributed by atoms with Gasteiger partial charge in [-0.05, 0) is 11.6 Å². The first kappa shape index (κ1) is 10.9. The van der Waals surface area contributed by atoms with E-state index < -0.39 is 0 Å². The molecule has 0 aliphatic heterocycles. The molecule has 1 aromatic heterocycles. The lowest BCUT2D eigenvalue weighted by Crippen LogP contribution is -2.15. The Morgan fingerprint density at radius 2 is 2.19 bits per heavy atom. The number of hydrogen-bond donors (Lipinski definition) is 2. The first-order valence-electron chi connectivity index (χ1n) is 4.78. The molecule has 16 heavy (non-hydrogen) atoms. The Bertz CT molecular complexity index is 539. The molecule has 1 heterocycles. The summed E-state index contributed by atoms with van der Waals surface area (Å²) in [7, 11) is 0. The second kappa shape index (κ2) is 4.94. The summed E-state index contributed by atoms with van der Waals surface area (Å²) >= 11 is 3.44. The quantitative estimate of drug-likeness (QED) is 0.905. The van der Waals surface area contributed by atoms with E-state index in [2.05, 4.69) is 31.2 Å². The third kappa shape index (κ3) is 2.49. The van der Waals surface area contributed by atoms with Crippen molar-refractivity contribution < 1.29 is 0 Å². The summed E-state index contributed by atoms with van der Waals surface area (Å²) in [5, 5.41) is 2.99. The van der Waals surface area contributed by atoms with Crippen molar-refractivity contribution in [2.24, 2.45) is 0 Å². The molecule has 0 aliphatic carbocycles. The number of rotatable bonds is 3. The van der Waals surface area contributed by atoms with Crippen molar-refractivity contribution in [3.8, 4) is 0 Å². The highest BCUT2D eigenvalue weighted by atomic mass is 79.9. The third-order valence-corrected chi connectivity index (χ3v) is 2.89. The minimum atomic E-state index is -0.213. The van der Waals surface area contributed by atoms with Crippen LogP contribution in [0.25, 0.3) is 0 Å². The predicted octanol–water partition coefficient (Wildman–Crippen LogP) is 2.14. The molecule has 0 saturated heterocycles. The third-order valence-electron chi connectivity index (χ3n) is 2.11. The fourth-order valence-electron chi connectivity index (χ4n) is 1.30. The van der Waals surface area contributed by atoms with Gasteiger partial charge >= 0.3 is 0 Å². The highest BCUT2D eigenvalue weighted by Crippen LogP contribution is 2.16. The van der Waals surface area contributed by atoms with Crippen LogP contribution < -0.4 is 10.9 Å². The molecular formula is C11H10BrN3O. The fraction of sp³-hybridized carbons (Fsp3) is 0.0909. The maximum absolute atomic E-state index is 11.3. The molecular weight excluding hydrogens is 270 g/mol. The Labute approximate surface area is 101 Å². The summed E-state index contributed by atoms with van der Waals surface area (Å²) in [4.78, 5) is 17.8. The Hall–Kier alpha value is -1.62. The molecule has 0 atom stereocenters. The van der Waals surface area contributed by atoms with Gasteiger partial charge in [0, 0.05) is 23.4 Å². The van der Waals surface area contributed by atoms with Gasteiger partial charge in [0.05, 0.1) is 0 Å². The van der Waals surface area contributed by atoms with E-state index in [4.69, 9.17) is 0 Å². The lowest BCUT2D eigenvalue weighted by molar-refractivity contribution is 1.05. The van der Waals surface area contributed by atoms with Crippen molar-refractivity contribution in [1.82, 2.24) is 9.97 Å². The number of aromatic nitrogens is 2. The molecule has 1 aromatic carbocycles. The molecule has 0 amide bonds. The minimum Gasteiger partial charge on any atom is -0.361 e. The Morgan fingerprint density at radius 1 is 1.38 bits per heavy atom. The van der Waals surface area contributed by atoms with Crippen LogP contribution in [0.1, 0.15) is 5.56 Å². The molecule has 0 bridgehead atoms. The Kier molecular flexibility index (Phi) is 3.36. The van der Waals surface area contributed by atoms with E-state index in [-0.39, 0.29) is 5.56 Å². The summed E-state index contributed by atoms with van der Waals surface area (Å²) in [5.74, 6) is 0.332. The van der Waals surface area contributed by atoms with Crippen molar-refractivity contribution in [2.75, 3.05) is 5.32 Å². The number of aromatic amines is 1. The highest BCUT2D eigenvalue weighted by Gasteiger charge is 2.01. The summed E-state index contributed by atoms with van der Waals surface area (Å²) in [6, 6.07) is 7.83. The molecule has 0 aliphatic rings. The molecule has 5 heteroatoms. The molecule has 2 N–H and O–H groups in total. The van der Waals surface area contributed by atoms with Crippen LogP contribution in [0.4, 0.5) is 5.82 Å². The van der Waals surface area contributed by atoms with Gasteiger partial charge in [0.15, 0.2) is 5.82 Å². The fourth-order valence-corrected chi connectivity index (χ4v) is 1.72. The molecule has 2 aromatic rings. The molecule has 82 valence electrons. The zero-order valence-electron chi connectivity index (χ0n) is 8.40. The number of nitrogens with zero attached hydrogens (tertiary/aromatic N) is 1. The van der Waals surface area contributed by atoms with E-state index in [1.807, 2.05) is 24.3 Å². The molecule has 0 radical (unpaired) electrons. The van der Waals surface area contributed by atoms with Crippen LogP contribution in [0.15, 0.2) is 45.9 Å². The van der Waals surface area contributed by atoms with E-state index in [9.17, 15) is 4.79 Å². The van der Waals surface area contributed by atoms with E-state index in [0.29, 0.717) is 12.4 Å². The molecule has 0 saturated carbocycles. The van der Waals surface area contributed by atoms with E-state index >= 15 is 0 Å². The molecule has 0 spiro atoms.